The van der Waals surface area contributed by atoms with Gasteiger partial charge >= 0.3 is 0 Å². The van der Waals surface area contributed by atoms with Crippen LogP contribution in [-0.2, 0) is 6.42 Å². The quantitative estimate of drug-likeness (QED) is 0.724. The molecule has 2 nitrogen and oxygen atoms in total. The van der Waals surface area contributed by atoms with Crippen LogP contribution in [0.5, 0.6) is 0 Å². The van der Waals surface area contributed by atoms with Gasteiger partial charge in [-0.05, 0) is 56.0 Å². The molecule has 1 rings (SSSR count). The summed E-state index contributed by atoms with van der Waals surface area (Å²) in [7, 11) is 0. The molecule has 0 aliphatic heterocycles. The van der Waals surface area contributed by atoms with E-state index in [-0.39, 0.29) is 0 Å². The van der Waals surface area contributed by atoms with Crippen LogP contribution in [0.1, 0.15) is 31.4 Å². The molecular weight excluding hydrogens is 184 g/mol. The summed E-state index contributed by atoms with van der Waals surface area (Å²) in [6.07, 6.45) is 6.16. The molecule has 0 aromatic carbocycles. The molecular formula is C13H22N2. The van der Waals surface area contributed by atoms with Crippen molar-refractivity contribution in [3.63, 3.8) is 0 Å². The maximum Gasteiger partial charge on any atom is 0.0302 e. The van der Waals surface area contributed by atoms with E-state index < -0.39 is 0 Å². The van der Waals surface area contributed by atoms with Gasteiger partial charge in [0, 0.05) is 12.4 Å². The van der Waals surface area contributed by atoms with Gasteiger partial charge in [-0.1, -0.05) is 13.8 Å². The summed E-state index contributed by atoms with van der Waals surface area (Å²) >= 11 is 0. The summed E-state index contributed by atoms with van der Waals surface area (Å²) in [4.78, 5) is 4.15. The van der Waals surface area contributed by atoms with Gasteiger partial charge in [-0.15, -0.1) is 0 Å². The topological polar surface area (TPSA) is 24.9 Å². The van der Waals surface area contributed by atoms with E-state index in [1.54, 1.807) is 0 Å². The largest absolute Gasteiger partial charge is 0.316 e. The maximum absolute atomic E-state index is 4.15. The van der Waals surface area contributed by atoms with Crippen molar-refractivity contribution in [1.29, 1.82) is 0 Å². The lowest BCUT2D eigenvalue weighted by molar-refractivity contribution is 0.543. The molecule has 0 bridgehead atoms. The molecule has 84 valence electrons. The number of pyridine rings is 1. The third-order valence-electron chi connectivity index (χ3n) is 2.50. The molecule has 1 heterocycles. The van der Waals surface area contributed by atoms with Gasteiger partial charge in [0.05, 0.1) is 0 Å². The summed E-state index contributed by atoms with van der Waals surface area (Å²) < 4.78 is 0. The molecule has 0 atom stereocenters. The van der Waals surface area contributed by atoms with E-state index in [4.69, 9.17) is 0 Å². The molecule has 0 fully saturated rings. The van der Waals surface area contributed by atoms with Crippen LogP contribution in [0.4, 0.5) is 0 Å². The molecule has 0 spiro atoms. The molecule has 0 radical (unpaired) electrons. The predicted octanol–water partition coefficient (Wildman–Crippen LogP) is 2.57. The fourth-order valence-electron chi connectivity index (χ4n) is 1.55. The van der Waals surface area contributed by atoms with E-state index >= 15 is 0 Å². The van der Waals surface area contributed by atoms with Gasteiger partial charge in [0.1, 0.15) is 0 Å². The highest BCUT2D eigenvalue weighted by Gasteiger charge is 1.97. The molecule has 15 heavy (non-hydrogen) atoms. The highest BCUT2D eigenvalue weighted by molar-refractivity contribution is 5.21. The monoisotopic (exact) mass is 206 g/mol. The number of nitrogens with zero attached hydrogens (tertiary/aromatic N) is 1. The normalized spacial score (nSPS) is 10.9. The Balaban J connectivity index is 2.18. The fraction of sp³-hybridized carbons (Fsp3) is 0.615. The molecule has 1 N–H and O–H groups in total. The van der Waals surface area contributed by atoms with E-state index in [0.717, 1.165) is 25.4 Å². The minimum atomic E-state index is 0.741. The molecule has 0 saturated heterocycles. The van der Waals surface area contributed by atoms with E-state index in [0.29, 0.717) is 0 Å². The van der Waals surface area contributed by atoms with Crippen LogP contribution in [-0.4, -0.2) is 18.1 Å². The Kier molecular flexibility index (Phi) is 5.33. The van der Waals surface area contributed by atoms with Crippen LogP contribution in [0.2, 0.25) is 0 Å². The maximum atomic E-state index is 4.15. The Labute approximate surface area is 93.1 Å². The first-order valence-electron chi connectivity index (χ1n) is 5.80. The zero-order valence-corrected chi connectivity index (χ0v) is 10.1. The number of aromatic nitrogens is 1. The molecule has 0 aliphatic carbocycles. The lowest BCUT2D eigenvalue weighted by atomic mass is 10.1. The van der Waals surface area contributed by atoms with Gasteiger partial charge in [0.25, 0.3) is 0 Å². The first-order chi connectivity index (χ1) is 7.20. The zero-order valence-electron chi connectivity index (χ0n) is 10.1. The van der Waals surface area contributed by atoms with Crippen LogP contribution >= 0.6 is 0 Å². The van der Waals surface area contributed by atoms with Crippen LogP contribution in [0, 0.1) is 12.8 Å². The molecule has 0 unspecified atom stereocenters. The lowest BCUT2D eigenvalue weighted by Crippen LogP contribution is -2.21. The molecule has 1 aromatic rings. The Morgan fingerprint density at radius 3 is 2.87 bits per heavy atom. The van der Waals surface area contributed by atoms with Crippen molar-refractivity contribution in [2.75, 3.05) is 13.1 Å². The van der Waals surface area contributed by atoms with Crippen molar-refractivity contribution in [3.05, 3.63) is 29.6 Å². The molecule has 0 aliphatic rings. The second-order valence-corrected chi connectivity index (χ2v) is 4.50. The van der Waals surface area contributed by atoms with Crippen LogP contribution in [0.25, 0.3) is 0 Å². The van der Waals surface area contributed by atoms with Gasteiger partial charge in [0.15, 0.2) is 0 Å². The summed E-state index contributed by atoms with van der Waals surface area (Å²) in [6, 6.07) is 2.08. The Bertz CT molecular complexity index is 282. The highest BCUT2D eigenvalue weighted by Crippen LogP contribution is 2.07. The van der Waals surface area contributed by atoms with Crippen molar-refractivity contribution in [1.82, 2.24) is 10.3 Å². The summed E-state index contributed by atoms with van der Waals surface area (Å²) in [5.74, 6) is 0.741. The Morgan fingerprint density at radius 2 is 2.20 bits per heavy atom. The van der Waals surface area contributed by atoms with Gasteiger partial charge in [-0.25, -0.2) is 0 Å². The number of hydrogen-bond donors (Lipinski definition) is 1. The van der Waals surface area contributed by atoms with Crippen LogP contribution in [0.15, 0.2) is 18.5 Å². The van der Waals surface area contributed by atoms with E-state index in [2.05, 4.69) is 37.1 Å². The van der Waals surface area contributed by atoms with Gasteiger partial charge in [-0.3, -0.25) is 4.98 Å². The number of aryl methyl sites for hydroxylation is 2. The second kappa shape index (κ2) is 6.57. The smallest absolute Gasteiger partial charge is 0.0302 e. The van der Waals surface area contributed by atoms with Crippen LogP contribution in [0.3, 0.4) is 0 Å². The van der Waals surface area contributed by atoms with Crippen molar-refractivity contribution >= 4 is 0 Å². The Morgan fingerprint density at radius 1 is 1.40 bits per heavy atom. The van der Waals surface area contributed by atoms with Crippen LogP contribution < -0.4 is 5.32 Å². The minimum absolute atomic E-state index is 0.741. The third kappa shape index (κ3) is 4.93. The Hall–Kier alpha value is -0.890. The average molecular weight is 206 g/mol. The van der Waals surface area contributed by atoms with Gasteiger partial charge in [-0.2, -0.15) is 0 Å². The third-order valence-corrected chi connectivity index (χ3v) is 2.50. The van der Waals surface area contributed by atoms with E-state index in [1.165, 1.54) is 17.5 Å². The zero-order chi connectivity index (χ0) is 11.1. The van der Waals surface area contributed by atoms with Crippen molar-refractivity contribution in [2.45, 2.75) is 33.6 Å². The average Bonchev–Trinajstić information content (AvgIpc) is 2.20. The summed E-state index contributed by atoms with van der Waals surface area (Å²) in [5.41, 5.74) is 2.73. The SMILES string of the molecule is Cc1ccncc1CCCNCC(C)C. The number of hydrogen-bond acceptors (Lipinski definition) is 2. The fourth-order valence-corrected chi connectivity index (χ4v) is 1.55. The summed E-state index contributed by atoms with van der Waals surface area (Å²) in [5, 5.41) is 3.45. The lowest BCUT2D eigenvalue weighted by Gasteiger charge is -2.08. The molecule has 0 amide bonds. The van der Waals surface area contributed by atoms with Crippen molar-refractivity contribution in [2.24, 2.45) is 5.92 Å². The summed E-state index contributed by atoms with van der Waals surface area (Å²) in [6.45, 7) is 8.84. The van der Waals surface area contributed by atoms with Gasteiger partial charge in [0.2, 0.25) is 0 Å². The second-order valence-electron chi connectivity index (χ2n) is 4.50. The van der Waals surface area contributed by atoms with Gasteiger partial charge < -0.3 is 5.32 Å². The standard InChI is InChI=1S/C13H22N2/c1-11(2)9-14-7-4-5-13-10-15-8-6-12(13)3/h6,8,10-11,14H,4-5,7,9H2,1-3H3. The molecule has 2 heteroatoms. The highest BCUT2D eigenvalue weighted by atomic mass is 14.8. The van der Waals surface area contributed by atoms with E-state index in [9.17, 15) is 0 Å². The number of rotatable bonds is 6. The molecule has 1 aromatic heterocycles. The first kappa shape index (κ1) is 12.2. The van der Waals surface area contributed by atoms with E-state index in [1.807, 2.05) is 12.4 Å². The van der Waals surface area contributed by atoms with Crippen molar-refractivity contribution < 1.29 is 0 Å². The molecule has 0 saturated carbocycles. The van der Waals surface area contributed by atoms with Crippen molar-refractivity contribution in [3.8, 4) is 0 Å². The number of nitrogens with one attached hydrogen (secondary N) is 1. The first-order valence-corrected chi connectivity index (χ1v) is 5.80. The predicted molar refractivity (Wildman–Crippen MR) is 65.0 cm³/mol. The minimum Gasteiger partial charge on any atom is -0.316 e.